The van der Waals surface area contributed by atoms with E-state index in [1.54, 1.807) is 11.8 Å². The van der Waals surface area contributed by atoms with Crippen LogP contribution in [0.15, 0.2) is 47.4 Å². The molecule has 1 fully saturated rings. The highest BCUT2D eigenvalue weighted by Gasteiger charge is 2.25. The Morgan fingerprint density at radius 2 is 1.89 bits per heavy atom. The maximum atomic E-state index is 11.8. The molecule has 0 aromatic heterocycles. The van der Waals surface area contributed by atoms with Crippen LogP contribution >= 0.6 is 11.8 Å². The third kappa shape index (κ3) is 5.29. The largest absolute Gasteiger partial charge is 0.493 e. The summed E-state index contributed by atoms with van der Waals surface area (Å²) < 4.78 is 6.15. The predicted octanol–water partition coefficient (Wildman–Crippen LogP) is 6.08. The van der Waals surface area contributed by atoms with Crippen LogP contribution in [-0.2, 0) is 4.79 Å². The number of carbonyl (C=O) groups is 1. The van der Waals surface area contributed by atoms with Gasteiger partial charge in [0.15, 0.2) is 0 Å². The van der Waals surface area contributed by atoms with Gasteiger partial charge < -0.3 is 9.84 Å². The van der Waals surface area contributed by atoms with E-state index in [0.29, 0.717) is 24.9 Å². The Hall–Kier alpha value is -1.94. The summed E-state index contributed by atoms with van der Waals surface area (Å²) in [5, 5.41) is 9.70. The van der Waals surface area contributed by atoms with Gasteiger partial charge in [0.1, 0.15) is 5.75 Å². The van der Waals surface area contributed by atoms with E-state index in [1.807, 2.05) is 18.2 Å². The summed E-state index contributed by atoms with van der Waals surface area (Å²) in [6.07, 6.45) is 5.14. The van der Waals surface area contributed by atoms with Gasteiger partial charge in [-0.2, -0.15) is 0 Å². The lowest BCUT2D eigenvalue weighted by atomic mass is 9.89. The average molecular weight is 385 g/mol. The number of rotatable bonds is 9. The third-order valence-electron chi connectivity index (χ3n) is 4.99. The molecule has 1 aliphatic carbocycles. The molecule has 1 N–H and O–H groups in total. The minimum absolute atomic E-state index is 0.320. The number of ether oxygens (including phenoxy) is 1. The molecule has 2 aromatic rings. The van der Waals surface area contributed by atoms with E-state index in [9.17, 15) is 9.90 Å². The molecule has 4 heteroatoms. The van der Waals surface area contributed by atoms with Crippen molar-refractivity contribution >= 4 is 17.7 Å². The zero-order valence-corrected chi connectivity index (χ0v) is 17.1. The van der Waals surface area contributed by atoms with Crippen LogP contribution in [0, 0.1) is 11.8 Å². The van der Waals surface area contributed by atoms with Gasteiger partial charge in [0.05, 0.1) is 12.5 Å². The molecule has 0 aliphatic heterocycles. The minimum atomic E-state index is -0.770. The lowest BCUT2D eigenvalue weighted by Crippen LogP contribution is -2.14. The van der Waals surface area contributed by atoms with E-state index >= 15 is 0 Å². The van der Waals surface area contributed by atoms with Crippen molar-refractivity contribution in [2.75, 3.05) is 12.9 Å². The highest BCUT2D eigenvalue weighted by molar-refractivity contribution is 7.98. The molecule has 1 saturated carbocycles. The maximum absolute atomic E-state index is 11.8. The molecule has 0 bridgehead atoms. The quantitative estimate of drug-likeness (QED) is 0.532. The van der Waals surface area contributed by atoms with E-state index in [2.05, 4.69) is 44.4 Å². The van der Waals surface area contributed by atoms with Gasteiger partial charge in [-0.05, 0) is 66.7 Å². The molecule has 3 rings (SSSR count). The van der Waals surface area contributed by atoms with E-state index in [-0.39, 0.29) is 0 Å². The third-order valence-corrected chi connectivity index (χ3v) is 5.73. The molecule has 1 aliphatic rings. The molecular weight excluding hydrogens is 356 g/mol. The second-order valence-electron chi connectivity index (χ2n) is 7.76. The van der Waals surface area contributed by atoms with Gasteiger partial charge in [0.2, 0.25) is 0 Å². The number of hydrogen-bond acceptors (Lipinski definition) is 3. The van der Waals surface area contributed by atoms with Crippen molar-refractivity contribution in [1.29, 1.82) is 0 Å². The Kier molecular flexibility index (Phi) is 6.48. The van der Waals surface area contributed by atoms with Crippen LogP contribution in [0.3, 0.4) is 0 Å². The summed E-state index contributed by atoms with van der Waals surface area (Å²) in [5.41, 5.74) is 2.95. The number of benzene rings is 2. The fourth-order valence-corrected chi connectivity index (χ4v) is 3.64. The van der Waals surface area contributed by atoms with E-state index < -0.39 is 11.9 Å². The van der Waals surface area contributed by atoms with Crippen molar-refractivity contribution in [3.63, 3.8) is 0 Å². The van der Waals surface area contributed by atoms with Gasteiger partial charge in [-0.25, -0.2) is 0 Å². The first-order chi connectivity index (χ1) is 13.0. The molecule has 2 aromatic carbocycles. The zero-order chi connectivity index (χ0) is 19.4. The molecule has 1 atom stereocenters. The molecule has 0 amide bonds. The topological polar surface area (TPSA) is 46.5 Å². The Morgan fingerprint density at radius 3 is 2.44 bits per heavy atom. The molecule has 1 unspecified atom stereocenters. The van der Waals surface area contributed by atoms with Crippen molar-refractivity contribution in [3.8, 4) is 16.9 Å². The first-order valence-electron chi connectivity index (χ1n) is 9.62. The van der Waals surface area contributed by atoms with Gasteiger partial charge in [-0.3, -0.25) is 4.79 Å². The van der Waals surface area contributed by atoms with Gasteiger partial charge in [-0.15, -0.1) is 11.8 Å². The van der Waals surface area contributed by atoms with E-state index in [1.165, 1.54) is 17.7 Å². The van der Waals surface area contributed by atoms with Gasteiger partial charge >= 0.3 is 5.97 Å². The van der Waals surface area contributed by atoms with Crippen molar-refractivity contribution in [2.45, 2.75) is 43.9 Å². The SMILES string of the molecule is CSc1ccc(-c2ccc(C(CC(C)C)C(=O)O)cc2OCC2CC2)cc1. The lowest BCUT2D eigenvalue weighted by Gasteiger charge is -2.18. The van der Waals surface area contributed by atoms with E-state index in [0.717, 1.165) is 22.4 Å². The second-order valence-corrected chi connectivity index (χ2v) is 8.64. The normalized spacial score (nSPS) is 15.0. The number of carboxylic acids is 1. The van der Waals surface area contributed by atoms with Crippen LogP contribution < -0.4 is 4.74 Å². The monoisotopic (exact) mass is 384 g/mol. The van der Waals surface area contributed by atoms with Crippen LogP contribution in [0.25, 0.3) is 11.1 Å². The van der Waals surface area contributed by atoms with Crippen molar-refractivity contribution in [1.82, 2.24) is 0 Å². The highest BCUT2D eigenvalue weighted by atomic mass is 32.2. The molecule has 0 saturated heterocycles. The number of carboxylic acid groups (broad SMARTS) is 1. The Morgan fingerprint density at radius 1 is 1.19 bits per heavy atom. The zero-order valence-electron chi connectivity index (χ0n) is 16.3. The van der Waals surface area contributed by atoms with E-state index in [4.69, 9.17) is 4.74 Å². The number of hydrogen-bond donors (Lipinski definition) is 1. The average Bonchev–Trinajstić information content (AvgIpc) is 3.48. The molecular formula is C23H28O3S. The highest BCUT2D eigenvalue weighted by Crippen LogP contribution is 2.37. The van der Waals surface area contributed by atoms with Crippen LogP contribution in [0.5, 0.6) is 5.75 Å². The van der Waals surface area contributed by atoms with Crippen LogP contribution in [0.2, 0.25) is 0 Å². The number of aliphatic carboxylic acids is 1. The standard InChI is InChI=1S/C23H28O3S/c1-15(2)12-21(23(24)25)18-8-11-20(17-6-9-19(27-3)10-7-17)22(13-18)26-14-16-4-5-16/h6-11,13,15-16,21H,4-5,12,14H2,1-3H3,(H,24,25). The summed E-state index contributed by atoms with van der Waals surface area (Å²) in [5.74, 6) is 0.494. The van der Waals surface area contributed by atoms with Crippen LogP contribution in [0.1, 0.15) is 44.6 Å². The molecule has 3 nitrogen and oxygen atoms in total. The van der Waals surface area contributed by atoms with Crippen LogP contribution in [-0.4, -0.2) is 23.9 Å². The molecule has 0 radical (unpaired) electrons. The van der Waals surface area contributed by atoms with Gasteiger partial charge in [0.25, 0.3) is 0 Å². The summed E-state index contributed by atoms with van der Waals surface area (Å²) in [6, 6.07) is 14.3. The molecule has 144 valence electrons. The van der Waals surface area contributed by atoms with Crippen molar-refractivity contribution < 1.29 is 14.6 Å². The maximum Gasteiger partial charge on any atom is 0.310 e. The van der Waals surface area contributed by atoms with Gasteiger partial charge in [0, 0.05) is 10.5 Å². The Balaban J connectivity index is 1.95. The fourth-order valence-electron chi connectivity index (χ4n) is 3.23. The number of thioether (sulfide) groups is 1. The lowest BCUT2D eigenvalue weighted by molar-refractivity contribution is -0.139. The Bertz CT molecular complexity index is 779. The predicted molar refractivity (Wildman–Crippen MR) is 112 cm³/mol. The summed E-state index contributed by atoms with van der Waals surface area (Å²) >= 11 is 1.72. The molecule has 0 spiro atoms. The van der Waals surface area contributed by atoms with Crippen molar-refractivity contribution in [2.24, 2.45) is 11.8 Å². The fraction of sp³-hybridized carbons (Fsp3) is 0.435. The van der Waals surface area contributed by atoms with Gasteiger partial charge in [-0.1, -0.05) is 38.1 Å². The summed E-state index contributed by atoms with van der Waals surface area (Å²) in [4.78, 5) is 13.0. The molecule has 27 heavy (non-hydrogen) atoms. The summed E-state index contributed by atoms with van der Waals surface area (Å²) in [6.45, 7) is 4.82. The van der Waals surface area contributed by atoms with Crippen molar-refractivity contribution in [3.05, 3.63) is 48.0 Å². The first kappa shape index (κ1) is 19.8. The Labute approximate surface area is 166 Å². The smallest absolute Gasteiger partial charge is 0.310 e. The second kappa shape index (κ2) is 8.83. The summed E-state index contributed by atoms with van der Waals surface area (Å²) in [7, 11) is 0. The molecule has 0 heterocycles. The first-order valence-corrected chi connectivity index (χ1v) is 10.8. The minimum Gasteiger partial charge on any atom is -0.493 e. The van der Waals surface area contributed by atoms with Crippen LogP contribution in [0.4, 0.5) is 0 Å².